The van der Waals surface area contributed by atoms with Gasteiger partial charge in [-0.2, -0.15) is 0 Å². The van der Waals surface area contributed by atoms with E-state index in [0.29, 0.717) is 36.1 Å². The van der Waals surface area contributed by atoms with Gasteiger partial charge in [-0.1, -0.05) is 6.07 Å². The Hall–Kier alpha value is -3.75. The number of amides is 2. The molecule has 0 saturated carbocycles. The van der Waals surface area contributed by atoms with Gasteiger partial charge < -0.3 is 15.4 Å². The number of likely N-dealkylation sites (tertiary alicyclic amines) is 1. The lowest BCUT2D eigenvalue weighted by molar-refractivity contribution is -0.121. The van der Waals surface area contributed by atoms with Crippen LogP contribution in [0.1, 0.15) is 23.3 Å². The summed E-state index contributed by atoms with van der Waals surface area (Å²) in [5.74, 6) is 0.764. The van der Waals surface area contributed by atoms with Crippen molar-refractivity contribution in [2.45, 2.75) is 18.9 Å². The number of primary amides is 1. The number of hydrogen-bond donors (Lipinski definition) is 1. The molecule has 1 fully saturated rings. The van der Waals surface area contributed by atoms with Crippen LogP contribution in [0.15, 0.2) is 48.9 Å². The molecule has 9 heteroatoms. The lowest BCUT2D eigenvalue weighted by atomic mass is 10.2. The SMILES string of the molecule is COc1ccc(-c2nc(C(=O)N3CCC[C@H]3C(N)=O)cn2-c2ccccn2)cn1. The van der Waals surface area contributed by atoms with Crippen LogP contribution < -0.4 is 10.5 Å². The summed E-state index contributed by atoms with van der Waals surface area (Å²) in [6.07, 6.45) is 6.21. The Balaban J connectivity index is 1.77. The highest BCUT2D eigenvalue weighted by Gasteiger charge is 2.34. The van der Waals surface area contributed by atoms with Gasteiger partial charge in [-0.15, -0.1) is 0 Å². The molecule has 0 unspecified atom stereocenters. The van der Waals surface area contributed by atoms with Gasteiger partial charge in [0.15, 0.2) is 0 Å². The van der Waals surface area contributed by atoms with Gasteiger partial charge in [0.25, 0.3) is 5.91 Å². The summed E-state index contributed by atoms with van der Waals surface area (Å²) < 4.78 is 6.84. The number of hydrogen-bond acceptors (Lipinski definition) is 6. The molecule has 9 nitrogen and oxygen atoms in total. The third kappa shape index (κ3) is 3.54. The quantitative estimate of drug-likeness (QED) is 0.702. The summed E-state index contributed by atoms with van der Waals surface area (Å²) in [6.45, 7) is 0.475. The number of nitrogens with two attached hydrogens (primary N) is 1. The number of rotatable bonds is 5. The average molecular weight is 392 g/mol. The first-order valence-electron chi connectivity index (χ1n) is 9.20. The molecule has 1 aliphatic rings. The van der Waals surface area contributed by atoms with Crippen molar-refractivity contribution in [3.8, 4) is 23.1 Å². The summed E-state index contributed by atoms with van der Waals surface area (Å²) >= 11 is 0. The van der Waals surface area contributed by atoms with Crippen LogP contribution in [0.2, 0.25) is 0 Å². The van der Waals surface area contributed by atoms with Crippen molar-refractivity contribution in [1.29, 1.82) is 0 Å². The molecule has 3 aromatic heterocycles. The van der Waals surface area contributed by atoms with Crippen LogP contribution in [-0.4, -0.2) is 55.9 Å². The van der Waals surface area contributed by atoms with E-state index in [0.717, 1.165) is 6.42 Å². The van der Waals surface area contributed by atoms with Crippen molar-refractivity contribution in [2.24, 2.45) is 5.73 Å². The normalized spacial score (nSPS) is 16.0. The van der Waals surface area contributed by atoms with E-state index in [1.807, 2.05) is 24.3 Å². The van der Waals surface area contributed by atoms with E-state index in [9.17, 15) is 9.59 Å². The number of methoxy groups -OCH3 is 1. The number of imidazole rings is 1. The van der Waals surface area contributed by atoms with Crippen molar-refractivity contribution in [2.75, 3.05) is 13.7 Å². The summed E-state index contributed by atoms with van der Waals surface area (Å²) in [6, 6.07) is 8.40. The fraction of sp³-hybridized carbons (Fsp3) is 0.250. The smallest absolute Gasteiger partial charge is 0.274 e. The molecule has 0 radical (unpaired) electrons. The maximum Gasteiger partial charge on any atom is 0.274 e. The third-order valence-corrected chi connectivity index (χ3v) is 4.87. The minimum Gasteiger partial charge on any atom is -0.481 e. The van der Waals surface area contributed by atoms with E-state index in [2.05, 4.69) is 15.0 Å². The first kappa shape index (κ1) is 18.6. The van der Waals surface area contributed by atoms with Gasteiger partial charge in [0.2, 0.25) is 11.8 Å². The maximum absolute atomic E-state index is 13.1. The summed E-state index contributed by atoms with van der Waals surface area (Å²) in [5.41, 5.74) is 6.37. The topological polar surface area (TPSA) is 116 Å². The van der Waals surface area contributed by atoms with E-state index >= 15 is 0 Å². The molecule has 1 aliphatic heterocycles. The number of carbonyl (C=O) groups excluding carboxylic acids is 2. The van der Waals surface area contributed by atoms with Crippen molar-refractivity contribution >= 4 is 11.8 Å². The predicted molar refractivity (Wildman–Crippen MR) is 104 cm³/mol. The van der Waals surface area contributed by atoms with Crippen molar-refractivity contribution in [3.05, 3.63) is 54.6 Å². The standard InChI is InChI=1S/C20H20N6O3/c1-29-17-8-7-13(11-23-17)19-24-14(12-26(19)16-6-2-3-9-22-16)20(28)25-10-4-5-15(25)18(21)27/h2-3,6-9,11-12,15H,4-5,10H2,1H3,(H2,21,27)/t15-/m0/s1. The van der Waals surface area contributed by atoms with Crippen LogP contribution in [0.3, 0.4) is 0 Å². The molecule has 0 bridgehead atoms. The van der Waals surface area contributed by atoms with E-state index < -0.39 is 11.9 Å². The highest BCUT2D eigenvalue weighted by atomic mass is 16.5. The Kier molecular flexibility index (Phi) is 4.94. The Morgan fingerprint density at radius 2 is 2.07 bits per heavy atom. The van der Waals surface area contributed by atoms with Crippen LogP contribution in [0.5, 0.6) is 5.88 Å². The number of aromatic nitrogens is 4. The highest BCUT2D eigenvalue weighted by Crippen LogP contribution is 2.25. The van der Waals surface area contributed by atoms with E-state index in [-0.39, 0.29) is 11.6 Å². The molecule has 0 aromatic carbocycles. The zero-order chi connectivity index (χ0) is 20.4. The maximum atomic E-state index is 13.1. The molecule has 1 saturated heterocycles. The van der Waals surface area contributed by atoms with E-state index in [4.69, 9.17) is 10.5 Å². The minimum atomic E-state index is -0.603. The molecule has 2 N–H and O–H groups in total. The lowest BCUT2D eigenvalue weighted by Crippen LogP contribution is -2.43. The third-order valence-electron chi connectivity index (χ3n) is 4.87. The molecule has 1 atom stereocenters. The second-order valence-electron chi connectivity index (χ2n) is 6.66. The predicted octanol–water partition coefficient (Wildman–Crippen LogP) is 1.43. The lowest BCUT2D eigenvalue weighted by Gasteiger charge is -2.20. The molecule has 2 amide bonds. The Bertz CT molecular complexity index is 1030. The fourth-order valence-corrected chi connectivity index (χ4v) is 3.44. The van der Waals surface area contributed by atoms with Gasteiger partial charge in [0, 0.05) is 36.8 Å². The fourth-order valence-electron chi connectivity index (χ4n) is 3.44. The number of pyridine rings is 2. The highest BCUT2D eigenvalue weighted by molar-refractivity contribution is 5.96. The number of carbonyl (C=O) groups is 2. The van der Waals surface area contributed by atoms with Crippen LogP contribution >= 0.6 is 0 Å². The van der Waals surface area contributed by atoms with Crippen molar-refractivity contribution in [3.63, 3.8) is 0 Å². The van der Waals surface area contributed by atoms with E-state index in [1.165, 1.54) is 4.90 Å². The summed E-state index contributed by atoms with van der Waals surface area (Å²) in [5, 5.41) is 0. The zero-order valence-electron chi connectivity index (χ0n) is 15.9. The molecule has 148 valence electrons. The number of ether oxygens (including phenoxy) is 1. The van der Waals surface area contributed by atoms with Crippen LogP contribution in [0.4, 0.5) is 0 Å². The van der Waals surface area contributed by atoms with Crippen LogP contribution in [0, 0.1) is 0 Å². The summed E-state index contributed by atoms with van der Waals surface area (Å²) in [4.78, 5) is 39.4. The molecule has 4 rings (SSSR count). The molecule has 0 spiro atoms. The second-order valence-corrected chi connectivity index (χ2v) is 6.66. The Morgan fingerprint density at radius 1 is 1.21 bits per heavy atom. The first-order valence-corrected chi connectivity index (χ1v) is 9.20. The first-order chi connectivity index (χ1) is 14.1. The van der Waals surface area contributed by atoms with Gasteiger partial charge >= 0.3 is 0 Å². The van der Waals surface area contributed by atoms with Gasteiger partial charge in [0.1, 0.15) is 23.4 Å². The Labute approximate surface area is 167 Å². The van der Waals surface area contributed by atoms with Gasteiger partial charge in [-0.3, -0.25) is 14.2 Å². The molecular formula is C20H20N6O3. The van der Waals surface area contributed by atoms with Crippen LogP contribution in [-0.2, 0) is 4.79 Å². The molecular weight excluding hydrogens is 372 g/mol. The second kappa shape index (κ2) is 7.70. The largest absolute Gasteiger partial charge is 0.481 e. The van der Waals surface area contributed by atoms with Gasteiger partial charge in [-0.25, -0.2) is 15.0 Å². The zero-order valence-corrected chi connectivity index (χ0v) is 15.9. The monoisotopic (exact) mass is 392 g/mol. The molecule has 0 aliphatic carbocycles. The van der Waals surface area contributed by atoms with Crippen molar-refractivity contribution < 1.29 is 14.3 Å². The van der Waals surface area contributed by atoms with Crippen molar-refractivity contribution in [1.82, 2.24) is 24.4 Å². The average Bonchev–Trinajstić information content (AvgIpc) is 3.42. The summed E-state index contributed by atoms with van der Waals surface area (Å²) in [7, 11) is 1.54. The van der Waals surface area contributed by atoms with E-state index in [1.54, 1.807) is 36.3 Å². The van der Waals surface area contributed by atoms with Crippen LogP contribution in [0.25, 0.3) is 17.2 Å². The molecule has 4 heterocycles. The molecule has 3 aromatic rings. The molecule has 29 heavy (non-hydrogen) atoms. The van der Waals surface area contributed by atoms with Gasteiger partial charge in [0.05, 0.1) is 7.11 Å². The van der Waals surface area contributed by atoms with Gasteiger partial charge in [-0.05, 0) is 31.0 Å². The Morgan fingerprint density at radius 3 is 2.72 bits per heavy atom. The number of nitrogens with zero attached hydrogens (tertiary/aromatic N) is 5. The minimum absolute atomic E-state index is 0.217.